The number of hydrogen-bond acceptors (Lipinski definition) is 5. The first kappa shape index (κ1) is 16.2. The topological polar surface area (TPSA) is 91.9 Å². The minimum absolute atomic E-state index is 0.0544. The van der Waals surface area contributed by atoms with Crippen molar-refractivity contribution < 1.29 is 4.79 Å². The van der Waals surface area contributed by atoms with E-state index in [2.05, 4.69) is 16.7 Å². The summed E-state index contributed by atoms with van der Waals surface area (Å²) in [6.45, 7) is 0.674. The third kappa shape index (κ3) is 2.93. The van der Waals surface area contributed by atoms with Crippen molar-refractivity contribution in [2.75, 3.05) is 11.9 Å². The molecule has 0 unspecified atom stereocenters. The number of anilines is 1. The van der Waals surface area contributed by atoms with E-state index in [0.717, 1.165) is 18.5 Å². The number of carbonyl (C=O) groups excluding carboxylic acids is 1. The van der Waals surface area contributed by atoms with E-state index < -0.39 is 0 Å². The Balaban J connectivity index is 1.38. The van der Waals surface area contributed by atoms with Gasteiger partial charge < -0.3 is 15.5 Å². The molecule has 2 N–H and O–H groups in total. The van der Waals surface area contributed by atoms with E-state index in [9.17, 15) is 10.1 Å². The van der Waals surface area contributed by atoms with Gasteiger partial charge >= 0.3 is 0 Å². The Morgan fingerprint density at radius 1 is 1.32 bits per heavy atom. The van der Waals surface area contributed by atoms with Crippen LogP contribution in [0.4, 0.5) is 5.69 Å². The average molecular weight is 356 g/mol. The summed E-state index contributed by atoms with van der Waals surface area (Å²) in [5.41, 5.74) is 1.28. The van der Waals surface area contributed by atoms with Crippen molar-refractivity contribution >= 4 is 23.2 Å². The highest BCUT2D eigenvalue weighted by molar-refractivity contribution is 6.32. The maximum absolute atomic E-state index is 12.8. The van der Waals surface area contributed by atoms with Crippen LogP contribution in [-0.4, -0.2) is 41.5 Å². The molecule has 6 nitrogen and oxygen atoms in total. The molecule has 0 aromatic heterocycles. The Hall–Kier alpha value is -2.28. The van der Waals surface area contributed by atoms with Crippen molar-refractivity contribution in [3.05, 3.63) is 28.8 Å². The summed E-state index contributed by atoms with van der Waals surface area (Å²) in [5.74, 6) is 0.587. The van der Waals surface area contributed by atoms with Gasteiger partial charge in [0.2, 0.25) is 5.91 Å². The molecule has 0 bridgehead atoms. The van der Waals surface area contributed by atoms with E-state index in [-0.39, 0.29) is 30.1 Å². The first-order chi connectivity index (χ1) is 12.1. The van der Waals surface area contributed by atoms with Crippen LogP contribution in [0.5, 0.6) is 0 Å². The molecule has 2 saturated heterocycles. The molecule has 5 atom stereocenters. The van der Waals surface area contributed by atoms with Gasteiger partial charge in [-0.25, -0.2) is 0 Å². The second-order valence-electron chi connectivity index (χ2n) is 7.03. The van der Waals surface area contributed by atoms with E-state index in [1.54, 1.807) is 12.1 Å². The lowest BCUT2D eigenvalue weighted by Gasteiger charge is -2.26. The van der Waals surface area contributed by atoms with Crippen molar-refractivity contribution in [2.45, 2.75) is 43.4 Å². The maximum Gasteiger partial charge on any atom is 0.241 e. The van der Waals surface area contributed by atoms with Gasteiger partial charge in [-0.3, -0.25) is 4.79 Å². The zero-order chi connectivity index (χ0) is 17.6. The molecule has 2 heterocycles. The predicted molar refractivity (Wildman–Crippen MR) is 92.7 cm³/mol. The summed E-state index contributed by atoms with van der Waals surface area (Å²) in [6, 6.07) is 9.42. The molecule has 0 radical (unpaired) electrons. The fourth-order valence-corrected chi connectivity index (χ4v) is 4.26. The molecular formula is C18H18ClN5O. The summed E-state index contributed by atoms with van der Waals surface area (Å²) in [7, 11) is 0. The summed E-state index contributed by atoms with van der Waals surface area (Å²) in [4.78, 5) is 14.6. The van der Waals surface area contributed by atoms with Crippen LogP contribution in [0.25, 0.3) is 0 Å². The van der Waals surface area contributed by atoms with Crippen molar-refractivity contribution in [3.63, 3.8) is 0 Å². The molecule has 3 fully saturated rings. The number of likely N-dealkylation sites (tertiary alicyclic amines) is 1. The molecule has 25 heavy (non-hydrogen) atoms. The molecule has 1 saturated carbocycles. The second-order valence-corrected chi connectivity index (χ2v) is 7.44. The molecule has 1 aromatic rings. The predicted octanol–water partition coefficient (Wildman–Crippen LogP) is 1.87. The monoisotopic (exact) mass is 355 g/mol. The van der Waals surface area contributed by atoms with E-state index >= 15 is 0 Å². The molecule has 7 heteroatoms. The number of carbonyl (C=O) groups is 1. The summed E-state index contributed by atoms with van der Waals surface area (Å²) in [5, 5.41) is 25.3. The first-order valence-electron chi connectivity index (χ1n) is 8.52. The van der Waals surface area contributed by atoms with Crippen molar-refractivity contribution in [3.8, 4) is 12.1 Å². The van der Waals surface area contributed by atoms with E-state index in [0.29, 0.717) is 29.5 Å². The van der Waals surface area contributed by atoms with Crippen LogP contribution in [-0.2, 0) is 4.79 Å². The minimum atomic E-state index is -0.262. The highest BCUT2D eigenvalue weighted by atomic mass is 35.5. The van der Waals surface area contributed by atoms with E-state index in [1.165, 1.54) is 0 Å². The van der Waals surface area contributed by atoms with Crippen LogP contribution in [0.1, 0.15) is 24.8 Å². The maximum atomic E-state index is 12.8. The van der Waals surface area contributed by atoms with Crippen molar-refractivity contribution in [2.24, 2.45) is 5.92 Å². The number of hydrogen-bond donors (Lipinski definition) is 2. The smallest absolute Gasteiger partial charge is 0.241 e. The van der Waals surface area contributed by atoms with Crippen molar-refractivity contribution in [1.29, 1.82) is 10.5 Å². The molecule has 3 aliphatic rings. The van der Waals surface area contributed by atoms with Gasteiger partial charge in [0.25, 0.3) is 0 Å². The zero-order valence-corrected chi connectivity index (χ0v) is 14.3. The van der Waals surface area contributed by atoms with Gasteiger partial charge in [-0.05, 0) is 43.4 Å². The Bertz CT molecular complexity index is 798. The highest BCUT2D eigenvalue weighted by Gasteiger charge is 2.55. The number of halogens is 1. The fourth-order valence-electron chi connectivity index (χ4n) is 4.03. The van der Waals surface area contributed by atoms with Crippen molar-refractivity contribution in [1.82, 2.24) is 10.2 Å². The Morgan fingerprint density at radius 3 is 2.88 bits per heavy atom. The second kappa shape index (κ2) is 6.22. The Kier molecular flexibility index (Phi) is 4.03. The Morgan fingerprint density at radius 2 is 2.16 bits per heavy atom. The van der Waals surface area contributed by atoms with E-state index in [1.807, 2.05) is 17.0 Å². The van der Waals surface area contributed by atoms with Gasteiger partial charge in [-0.15, -0.1) is 0 Å². The largest absolute Gasteiger partial charge is 0.381 e. The molecule has 1 aliphatic carbocycles. The first-order valence-corrected chi connectivity index (χ1v) is 8.90. The average Bonchev–Trinajstić information content (AvgIpc) is 3.05. The number of amides is 1. The van der Waals surface area contributed by atoms with Gasteiger partial charge in [0.15, 0.2) is 0 Å². The molecule has 128 valence electrons. The summed E-state index contributed by atoms with van der Waals surface area (Å²) >= 11 is 6.06. The quantitative estimate of drug-likeness (QED) is 0.863. The molecule has 0 spiro atoms. The summed E-state index contributed by atoms with van der Waals surface area (Å²) < 4.78 is 0. The number of nitrogens with one attached hydrogen (secondary N) is 2. The highest BCUT2D eigenvalue weighted by Crippen LogP contribution is 2.48. The molecule has 1 amide bonds. The van der Waals surface area contributed by atoms with Crippen LogP contribution in [0.15, 0.2) is 18.2 Å². The summed E-state index contributed by atoms with van der Waals surface area (Å²) in [6.07, 6.45) is 2.54. The number of rotatable bonds is 3. The van der Waals surface area contributed by atoms with Crippen LogP contribution in [0.3, 0.4) is 0 Å². The van der Waals surface area contributed by atoms with Gasteiger partial charge in [0, 0.05) is 24.3 Å². The Labute approximate surface area is 151 Å². The normalized spacial score (nSPS) is 32.6. The molecule has 2 aliphatic heterocycles. The zero-order valence-electron chi connectivity index (χ0n) is 13.6. The fraction of sp³-hybridized carbons (Fsp3) is 0.500. The number of fused-ring (bicyclic) bond motifs is 1. The number of nitriles is 2. The van der Waals surface area contributed by atoms with Crippen LogP contribution in [0.2, 0.25) is 5.02 Å². The minimum Gasteiger partial charge on any atom is -0.381 e. The lowest BCUT2D eigenvalue weighted by Crippen LogP contribution is -2.47. The van der Waals surface area contributed by atoms with Gasteiger partial charge in [0.1, 0.15) is 12.1 Å². The molecular weight excluding hydrogens is 338 g/mol. The number of piperidine rings is 1. The standard InChI is InChI=1S/C18H18ClN5O/c19-15-5-12(2-1-10(15)7-20)23-13-6-16(22-9-13)18(25)24-14(8-21)3-11-4-17(11)24/h1-2,5,11,13-14,16-17,22-23H,3-4,6,9H2/t11-,13+,14+,16+,17+/m1/s1. The lowest BCUT2D eigenvalue weighted by molar-refractivity contribution is -0.134. The number of benzene rings is 1. The van der Waals surface area contributed by atoms with Crippen LogP contribution < -0.4 is 10.6 Å². The third-order valence-corrected chi connectivity index (χ3v) is 5.71. The van der Waals surface area contributed by atoms with Gasteiger partial charge in [0.05, 0.1) is 22.7 Å². The number of nitrogens with zero attached hydrogens (tertiary/aromatic N) is 3. The van der Waals surface area contributed by atoms with Crippen LogP contribution >= 0.6 is 11.6 Å². The van der Waals surface area contributed by atoms with Gasteiger partial charge in [-0.1, -0.05) is 11.6 Å². The van der Waals surface area contributed by atoms with Crippen LogP contribution in [0, 0.1) is 28.6 Å². The van der Waals surface area contributed by atoms with Gasteiger partial charge in [-0.2, -0.15) is 10.5 Å². The third-order valence-electron chi connectivity index (χ3n) is 5.40. The van der Waals surface area contributed by atoms with E-state index in [4.69, 9.17) is 16.9 Å². The molecule has 4 rings (SSSR count). The SMILES string of the molecule is N#Cc1ccc(N[C@@H]2CN[C@H](C(=O)N3[C@H](C#N)C[C@@H]4C[C@@H]43)C2)cc1Cl. The lowest BCUT2D eigenvalue weighted by atomic mass is 10.1. The molecule has 1 aromatic carbocycles.